The fourth-order valence-electron chi connectivity index (χ4n) is 4.06. The number of fused-ring (bicyclic) bond motifs is 1. The highest BCUT2D eigenvalue weighted by atomic mass is 32.2. The first kappa shape index (κ1) is 21.9. The molecule has 2 amide bonds. The zero-order valence-corrected chi connectivity index (χ0v) is 18.9. The fraction of sp³-hybridized carbons (Fsp3) is 0.429. The standard InChI is InChI=1S/C21H25N3O5S2/c1-24(12-14-4-3-11-29-14)31(27,28)15-9-7-13(8-10-15)20(26)23-21-18(19(22)25)16-5-2-6-17(16)30-21/h7-10,14H,2-6,11-12H2,1H3,(H2,22,25)(H,23,26). The molecular formula is C21H25N3O5S2. The van der Waals surface area contributed by atoms with Crippen LogP contribution < -0.4 is 11.1 Å². The third kappa shape index (κ3) is 4.38. The molecule has 0 radical (unpaired) electrons. The number of anilines is 1. The first-order valence-electron chi connectivity index (χ1n) is 10.2. The molecule has 1 fully saturated rings. The Bertz CT molecular complexity index is 1100. The van der Waals surface area contributed by atoms with E-state index in [1.54, 1.807) is 0 Å². The molecule has 0 spiro atoms. The molecule has 31 heavy (non-hydrogen) atoms. The summed E-state index contributed by atoms with van der Waals surface area (Å²) in [7, 11) is -2.15. The first-order chi connectivity index (χ1) is 14.8. The van der Waals surface area contributed by atoms with Crippen LogP contribution in [-0.4, -0.2) is 50.8 Å². The van der Waals surface area contributed by atoms with E-state index in [0.717, 1.165) is 42.5 Å². The predicted octanol–water partition coefficient (Wildman–Crippen LogP) is 2.39. The van der Waals surface area contributed by atoms with Crippen LogP contribution in [0.5, 0.6) is 0 Å². The monoisotopic (exact) mass is 463 g/mol. The molecule has 2 aromatic rings. The number of thiophene rings is 1. The van der Waals surface area contributed by atoms with Crippen LogP contribution in [0.25, 0.3) is 0 Å². The number of carbonyl (C=O) groups excluding carboxylic acids is 2. The van der Waals surface area contributed by atoms with Crippen LogP contribution in [0, 0.1) is 0 Å². The molecule has 166 valence electrons. The van der Waals surface area contributed by atoms with E-state index >= 15 is 0 Å². The number of likely N-dealkylation sites (N-methyl/N-ethyl adjacent to an activating group) is 1. The summed E-state index contributed by atoms with van der Waals surface area (Å²) in [5, 5.41) is 3.22. The highest BCUT2D eigenvalue weighted by Crippen LogP contribution is 2.39. The molecule has 1 aliphatic heterocycles. The summed E-state index contributed by atoms with van der Waals surface area (Å²) in [5.41, 5.74) is 7.16. The van der Waals surface area contributed by atoms with Gasteiger partial charge in [-0.05, 0) is 61.9 Å². The summed E-state index contributed by atoms with van der Waals surface area (Å²) < 4.78 is 32.4. The van der Waals surface area contributed by atoms with E-state index in [-0.39, 0.29) is 11.0 Å². The maximum atomic E-state index is 12.8. The van der Waals surface area contributed by atoms with E-state index in [0.29, 0.717) is 29.3 Å². The number of primary amides is 1. The van der Waals surface area contributed by atoms with E-state index in [1.165, 1.54) is 47.0 Å². The molecule has 1 aromatic heterocycles. The van der Waals surface area contributed by atoms with Gasteiger partial charge in [-0.1, -0.05) is 0 Å². The zero-order chi connectivity index (χ0) is 22.2. The number of hydrogen-bond donors (Lipinski definition) is 2. The molecule has 1 saturated heterocycles. The molecule has 8 nitrogen and oxygen atoms in total. The third-order valence-electron chi connectivity index (χ3n) is 5.70. The van der Waals surface area contributed by atoms with Crippen LogP contribution in [0.1, 0.15) is 50.4 Å². The predicted molar refractivity (Wildman–Crippen MR) is 118 cm³/mol. The van der Waals surface area contributed by atoms with Gasteiger partial charge < -0.3 is 15.8 Å². The minimum atomic E-state index is -3.68. The van der Waals surface area contributed by atoms with Crippen molar-refractivity contribution in [3.8, 4) is 0 Å². The maximum Gasteiger partial charge on any atom is 0.256 e. The molecule has 1 atom stereocenters. The number of rotatable bonds is 7. The van der Waals surface area contributed by atoms with Crippen molar-refractivity contribution in [2.45, 2.75) is 43.1 Å². The topological polar surface area (TPSA) is 119 Å². The number of carbonyl (C=O) groups is 2. The van der Waals surface area contributed by atoms with Crippen molar-refractivity contribution in [3.05, 3.63) is 45.8 Å². The van der Waals surface area contributed by atoms with Crippen LogP contribution in [0.15, 0.2) is 29.2 Å². The number of nitrogens with two attached hydrogens (primary N) is 1. The van der Waals surface area contributed by atoms with Crippen LogP contribution >= 0.6 is 11.3 Å². The van der Waals surface area contributed by atoms with Crippen molar-refractivity contribution in [2.24, 2.45) is 5.73 Å². The lowest BCUT2D eigenvalue weighted by molar-refractivity contribution is 0.0978. The Hall–Kier alpha value is -2.27. The number of sulfonamides is 1. The van der Waals surface area contributed by atoms with Crippen molar-refractivity contribution in [1.29, 1.82) is 0 Å². The highest BCUT2D eigenvalue weighted by Gasteiger charge is 2.28. The lowest BCUT2D eigenvalue weighted by Crippen LogP contribution is -2.34. The second-order valence-corrected chi connectivity index (χ2v) is 11.0. The Labute approximate surface area is 185 Å². The molecule has 2 heterocycles. The average Bonchev–Trinajstić information content (AvgIpc) is 3.45. The van der Waals surface area contributed by atoms with Gasteiger partial charge >= 0.3 is 0 Å². The summed E-state index contributed by atoms with van der Waals surface area (Å²) in [6, 6.07) is 5.76. The number of aryl methyl sites for hydroxylation is 1. The Morgan fingerprint density at radius 2 is 1.97 bits per heavy atom. The van der Waals surface area contributed by atoms with E-state index in [9.17, 15) is 18.0 Å². The van der Waals surface area contributed by atoms with E-state index in [4.69, 9.17) is 10.5 Å². The molecule has 2 aliphatic rings. The van der Waals surface area contributed by atoms with Gasteiger partial charge in [0.15, 0.2) is 0 Å². The minimum absolute atomic E-state index is 0.0864. The van der Waals surface area contributed by atoms with Gasteiger partial charge in [-0.15, -0.1) is 11.3 Å². The Kier molecular flexibility index (Phi) is 6.16. The van der Waals surface area contributed by atoms with Gasteiger partial charge in [-0.2, -0.15) is 4.31 Å². The summed E-state index contributed by atoms with van der Waals surface area (Å²) in [4.78, 5) is 25.8. The lowest BCUT2D eigenvalue weighted by Gasteiger charge is -2.20. The largest absolute Gasteiger partial charge is 0.377 e. The Balaban J connectivity index is 1.48. The Morgan fingerprint density at radius 3 is 2.61 bits per heavy atom. The van der Waals surface area contributed by atoms with Crippen molar-refractivity contribution >= 4 is 38.2 Å². The number of benzene rings is 1. The van der Waals surface area contributed by atoms with Gasteiger partial charge in [0.1, 0.15) is 5.00 Å². The van der Waals surface area contributed by atoms with E-state index < -0.39 is 21.8 Å². The van der Waals surface area contributed by atoms with Gasteiger partial charge in [0.25, 0.3) is 11.8 Å². The van der Waals surface area contributed by atoms with Gasteiger partial charge in [0.05, 0.1) is 16.6 Å². The van der Waals surface area contributed by atoms with Crippen LogP contribution in [0.2, 0.25) is 0 Å². The SMILES string of the molecule is CN(CC1CCCO1)S(=O)(=O)c1ccc(C(=O)Nc2sc3c(c2C(N)=O)CCC3)cc1. The lowest BCUT2D eigenvalue weighted by atomic mass is 10.1. The molecule has 1 aromatic carbocycles. The molecule has 1 unspecified atom stereocenters. The molecule has 10 heteroatoms. The van der Waals surface area contributed by atoms with E-state index in [1.807, 2.05) is 0 Å². The number of ether oxygens (including phenoxy) is 1. The summed E-state index contributed by atoms with van der Waals surface area (Å²) in [6.45, 7) is 0.955. The van der Waals surface area contributed by atoms with Crippen LogP contribution in [0.4, 0.5) is 5.00 Å². The highest BCUT2D eigenvalue weighted by molar-refractivity contribution is 7.89. The number of amides is 2. The normalized spacial score (nSPS) is 18.3. The number of nitrogens with one attached hydrogen (secondary N) is 1. The van der Waals surface area contributed by atoms with Crippen LogP contribution in [0.3, 0.4) is 0 Å². The van der Waals surface area contributed by atoms with E-state index in [2.05, 4.69) is 5.32 Å². The molecule has 3 N–H and O–H groups in total. The number of hydrogen-bond acceptors (Lipinski definition) is 6. The molecule has 0 bridgehead atoms. The van der Waals surface area contributed by atoms with Gasteiger partial charge in [0.2, 0.25) is 10.0 Å². The molecular weight excluding hydrogens is 438 g/mol. The molecule has 4 rings (SSSR count). The van der Waals surface area contributed by atoms with Gasteiger partial charge in [-0.25, -0.2) is 8.42 Å². The summed E-state index contributed by atoms with van der Waals surface area (Å²) in [5.74, 6) is -0.968. The minimum Gasteiger partial charge on any atom is -0.377 e. The third-order valence-corrected chi connectivity index (χ3v) is 8.75. The van der Waals surface area contributed by atoms with Gasteiger partial charge in [0, 0.05) is 30.6 Å². The quantitative estimate of drug-likeness (QED) is 0.654. The molecule has 0 saturated carbocycles. The summed E-state index contributed by atoms with van der Waals surface area (Å²) in [6.07, 6.45) is 4.34. The van der Waals surface area contributed by atoms with Crippen molar-refractivity contribution in [3.63, 3.8) is 0 Å². The average molecular weight is 464 g/mol. The maximum absolute atomic E-state index is 12.8. The second kappa shape index (κ2) is 8.70. The fourth-order valence-corrected chi connectivity index (χ4v) is 6.55. The van der Waals surface area contributed by atoms with Gasteiger partial charge in [-0.3, -0.25) is 9.59 Å². The second-order valence-electron chi connectivity index (χ2n) is 7.82. The number of nitrogens with zero attached hydrogens (tertiary/aromatic N) is 1. The smallest absolute Gasteiger partial charge is 0.256 e. The zero-order valence-electron chi connectivity index (χ0n) is 17.2. The van der Waals surface area contributed by atoms with Crippen molar-refractivity contribution in [2.75, 3.05) is 25.5 Å². The Morgan fingerprint density at radius 1 is 1.23 bits per heavy atom. The summed E-state index contributed by atoms with van der Waals surface area (Å²) >= 11 is 1.38. The van der Waals surface area contributed by atoms with Crippen molar-refractivity contribution in [1.82, 2.24) is 4.31 Å². The molecule has 1 aliphatic carbocycles. The van der Waals surface area contributed by atoms with Crippen molar-refractivity contribution < 1.29 is 22.7 Å². The van der Waals surface area contributed by atoms with Crippen LogP contribution in [-0.2, 0) is 27.6 Å². The first-order valence-corrected chi connectivity index (χ1v) is 12.5.